The summed E-state index contributed by atoms with van der Waals surface area (Å²) in [6.07, 6.45) is 1.46. The van der Waals surface area contributed by atoms with E-state index in [2.05, 4.69) is 21.8 Å². The van der Waals surface area contributed by atoms with Gasteiger partial charge in [0, 0.05) is 32.2 Å². The van der Waals surface area contributed by atoms with Gasteiger partial charge in [0.05, 0.1) is 6.54 Å². The topological polar surface area (TPSA) is 96.3 Å². The highest BCUT2D eigenvalue weighted by Gasteiger charge is 2.26. The van der Waals surface area contributed by atoms with Crippen molar-refractivity contribution in [1.82, 2.24) is 25.3 Å². The highest BCUT2D eigenvalue weighted by atomic mass is 16.2. The van der Waals surface area contributed by atoms with E-state index in [1.165, 1.54) is 6.07 Å². The van der Waals surface area contributed by atoms with E-state index in [1.54, 1.807) is 9.58 Å². The summed E-state index contributed by atoms with van der Waals surface area (Å²) in [6, 6.07) is 19.5. The zero-order valence-corrected chi connectivity index (χ0v) is 19.3. The monoisotopic (exact) mass is 459 g/mol. The molecule has 0 radical (unpaired) electrons. The first kappa shape index (κ1) is 23.2. The summed E-state index contributed by atoms with van der Waals surface area (Å²) in [5.74, 6) is -0.897. The quantitative estimate of drug-likeness (QED) is 0.540. The highest BCUT2D eigenvalue weighted by Crippen LogP contribution is 2.17. The Morgan fingerprint density at radius 2 is 1.76 bits per heavy atom. The Hall–Kier alpha value is -3.94. The van der Waals surface area contributed by atoms with Crippen LogP contribution in [0.5, 0.6) is 0 Å². The lowest BCUT2D eigenvalue weighted by Gasteiger charge is -2.20. The highest BCUT2D eigenvalue weighted by molar-refractivity contribution is 5.99. The average molecular weight is 460 g/mol. The fourth-order valence-corrected chi connectivity index (χ4v) is 4.03. The maximum atomic E-state index is 13.1. The van der Waals surface area contributed by atoms with Crippen molar-refractivity contribution in [2.45, 2.75) is 32.9 Å². The summed E-state index contributed by atoms with van der Waals surface area (Å²) in [5.41, 5.74) is 3.87. The molecule has 1 aliphatic rings. The molecule has 2 aromatic carbocycles. The molecule has 1 aromatic heterocycles. The lowest BCUT2D eigenvalue weighted by atomic mass is 10.1. The molecule has 0 aliphatic carbocycles. The number of rotatable bonds is 8. The third-order valence-corrected chi connectivity index (χ3v) is 5.76. The van der Waals surface area contributed by atoms with Crippen LogP contribution in [0.15, 0.2) is 60.7 Å². The van der Waals surface area contributed by atoms with E-state index in [1.807, 2.05) is 55.5 Å². The van der Waals surface area contributed by atoms with Crippen molar-refractivity contribution in [3.05, 3.63) is 88.7 Å². The van der Waals surface area contributed by atoms with Crippen molar-refractivity contribution in [2.75, 3.05) is 19.6 Å². The molecule has 2 heterocycles. The van der Waals surface area contributed by atoms with E-state index < -0.39 is 5.91 Å². The first-order valence-electron chi connectivity index (χ1n) is 11.5. The predicted molar refractivity (Wildman–Crippen MR) is 128 cm³/mol. The molecule has 4 rings (SSSR count). The number of fused-ring (bicyclic) bond motifs is 1. The fourth-order valence-electron chi connectivity index (χ4n) is 4.03. The van der Waals surface area contributed by atoms with Gasteiger partial charge in [-0.1, -0.05) is 60.2 Å². The zero-order valence-electron chi connectivity index (χ0n) is 19.3. The molecule has 176 valence electrons. The maximum Gasteiger partial charge on any atom is 0.272 e. The number of hydrogen-bond donors (Lipinski definition) is 2. The Morgan fingerprint density at radius 3 is 2.56 bits per heavy atom. The Kier molecular flexibility index (Phi) is 7.37. The van der Waals surface area contributed by atoms with Gasteiger partial charge in [0.15, 0.2) is 5.69 Å². The van der Waals surface area contributed by atoms with Crippen molar-refractivity contribution in [3.8, 4) is 0 Å². The van der Waals surface area contributed by atoms with Crippen LogP contribution in [0.3, 0.4) is 0 Å². The minimum atomic E-state index is -0.475. The number of nitrogens with zero attached hydrogens (tertiary/aromatic N) is 3. The standard InChI is InChI=1S/C26H29N5O3/c1-19-7-5-10-21(15-19)18-30-13-6-14-31-23(26(30)34)16-22(29-31)25(33)28-17-24(32)27-12-11-20-8-3-2-4-9-20/h2-5,7-10,15-16H,6,11-14,17-18H2,1H3,(H,27,32)(H,28,33). The van der Waals surface area contributed by atoms with Gasteiger partial charge in [-0.2, -0.15) is 5.10 Å². The third kappa shape index (κ3) is 5.89. The van der Waals surface area contributed by atoms with Crippen molar-refractivity contribution in [2.24, 2.45) is 0 Å². The van der Waals surface area contributed by atoms with Gasteiger partial charge in [-0.05, 0) is 30.9 Å². The molecular formula is C26H29N5O3. The van der Waals surface area contributed by atoms with Crippen LogP contribution < -0.4 is 10.6 Å². The van der Waals surface area contributed by atoms with Crippen LogP contribution in [-0.4, -0.2) is 52.0 Å². The van der Waals surface area contributed by atoms with Gasteiger partial charge in [0.1, 0.15) is 5.69 Å². The molecule has 8 heteroatoms. The summed E-state index contributed by atoms with van der Waals surface area (Å²) in [5, 5.41) is 9.71. The van der Waals surface area contributed by atoms with Crippen LogP contribution >= 0.6 is 0 Å². The fraction of sp³-hybridized carbons (Fsp3) is 0.308. The molecule has 3 aromatic rings. The Morgan fingerprint density at radius 1 is 0.971 bits per heavy atom. The molecule has 2 N–H and O–H groups in total. The molecule has 0 spiro atoms. The van der Waals surface area contributed by atoms with Crippen LogP contribution in [0.25, 0.3) is 0 Å². The lowest BCUT2D eigenvalue weighted by Crippen LogP contribution is -2.37. The second-order valence-corrected chi connectivity index (χ2v) is 8.48. The summed E-state index contributed by atoms with van der Waals surface area (Å²) in [6.45, 7) is 4.05. The van der Waals surface area contributed by atoms with Gasteiger partial charge < -0.3 is 15.5 Å². The van der Waals surface area contributed by atoms with E-state index in [4.69, 9.17) is 0 Å². The minimum absolute atomic E-state index is 0.137. The molecule has 0 fully saturated rings. The van der Waals surface area contributed by atoms with Gasteiger partial charge in [0.25, 0.3) is 11.8 Å². The van der Waals surface area contributed by atoms with Crippen LogP contribution in [0.1, 0.15) is 44.1 Å². The van der Waals surface area contributed by atoms with Gasteiger partial charge in [-0.25, -0.2) is 0 Å². The first-order chi connectivity index (χ1) is 16.5. The molecule has 0 saturated heterocycles. The number of hydrogen-bond acceptors (Lipinski definition) is 4. The SMILES string of the molecule is Cc1cccc(CN2CCCn3nc(C(=O)NCC(=O)NCCc4ccccc4)cc3C2=O)c1. The predicted octanol–water partition coefficient (Wildman–Crippen LogP) is 2.33. The van der Waals surface area contributed by atoms with Gasteiger partial charge >= 0.3 is 0 Å². The summed E-state index contributed by atoms with van der Waals surface area (Å²) in [4.78, 5) is 39.6. The normalized spacial score (nSPS) is 13.2. The second kappa shape index (κ2) is 10.8. The zero-order chi connectivity index (χ0) is 23.9. The first-order valence-corrected chi connectivity index (χ1v) is 11.5. The van der Waals surface area contributed by atoms with E-state index in [0.717, 1.165) is 29.5 Å². The number of amides is 3. The largest absolute Gasteiger partial charge is 0.354 e. The number of carbonyl (C=O) groups excluding carboxylic acids is 3. The number of nitrogens with one attached hydrogen (secondary N) is 2. The molecule has 0 unspecified atom stereocenters. The van der Waals surface area contributed by atoms with Gasteiger partial charge in [-0.15, -0.1) is 0 Å². The number of carbonyl (C=O) groups is 3. The molecule has 34 heavy (non-hydrogen) atoms. The molecular weight excluding hydrogens is 430 g/mol. The molecule has 0 saturated carbocycles. The smallest absolute Gasteiger partial charge is 0.272 e. The summed E-state index contributed by atoms with van der Waals surface area (Å²) in [7, 11) is 0. The van der Waals surface area contributed by atoms with Crippen LogP contribution in [0.4, 0.5) is 0 Å². The van der Waals surface area contributed by atoms with Crippen molar-refractivity contribution in [3.63, 3.8) is 0 Å². The van der Waals surface area contributed by atoms with Gasteiger partial charge in [0.2, 0.25) is 5.91 Å². The molecule has 3 amide bonds. The van der Waals surface area contributed by atoms with E-state index >= 15 is 0 Å². The van der Waals surface area contributed by atoms with Crippen molar-refractivity contribution in [1.29, 1.82) is 0 Å². The van der Waals surface area contributed by atoms with E-state index in [0.29, 0.717) is 31.9 Å². The molecule has 1 aliphatic heterocycles. The summed E-state index contributed by atoms with van der Waals surface area (Å²) >= 11 is 0. The van der Waals surface area contributed by atoms with Crippen LogP contribution in [0.2, 0.25) is 0 Å². The van der Waals surface area contributed by atoms with Crippen LogP contribution in [0, 0.1) is 6.92 Å². The molecule has 0 bridgehead atoms. The third-order valence-electron chi connectivity index (χ3n) is 5.76. The van der Waals surface area contributed by atoms with E-state index in [9.17, 15) is 14.4 Å². The number of aryl methyl sites for hydroxylation is 2. The molecule has 8 nitrogen and oxygen atoms in total. The Balaban J connectivity index is 1.31. The minimum Gasteiger partial charge on any atom is -0.354 e. The number of aromatic nitrogens is 2. The summed E-state index contributed by atoms with van der Waals surface area (Å²) < 4.78 is 1.59. The van der Waals surface area contributed by atoms with Crippen molar-refractivity contribution >= 4 is 17.7 Å². The Bertz CT molecular complexity index is 1170. The van der Waals surface area contributed by atoms with Crippen LogP contribution in [-0.2, 0) is 24.3 Å². The number of benzene rings is 2. The van der Waals surface area contributed by atoms with E-state index in [-0.39, 0.29) is 24.1 Å². The lowest BCUT2D eigenvalue weighted by molar-refractivity contribution is -0.120. The van der Waals surface area contributed by atoms with Gasteiger partial charge in [-0.3, -0.25) is 19.1 Å². The second-order valence-electron chi connectivity index (χ2n) is 8.48. The van der Waals surface area contributed by atoms with Crippen molar-refractivity contribution < 1.29 is 14.4 Å². The average Bonchev–Trinajstić information content (AvgIpc) is 3.21. The maximum absolute atomic E-state index is 13.1. The molecule has 0 atom stereocenters. The Labute approximate surface area is 199 Å².